The van der Waals surface area contributed by atoms with Crippen LogP contribution in [-0.2, 0) is 25.2 Å². The predicted octanol–water partition coefficient (Wildman–Crippen LogP) is 4.71. The van der Waals surface area contributed by atoms with Gasteiger partial charge in [-0.25, -0.2) is 0 Å². The van der Waals surface area contributed by atoms with Gasteiger partial charge in [0.15, 0.2) is 14.6 Å². The molecule has 0 aromatic heterocycles. The highest BCUT2D eigenvalue weighted by Gasteiger charge is 2.39. The van der Waals surface area contributed by atoms with Crippen LogP contribution < -0.4 is 5.73 Å². The van der Waals surface area contributed by atoms with Crippen LogP contribution in [0.4, 0.5) is 0 Å². The Morgan fingerprint density at radius 2 is 1.64 bits per heavy atom. The molecule has 1 rings (SSSR count). The molecule has 0 aliphatic carbocycles. The standard InChI is InChI=1S/C22H41NO4Si/c1-19(26-18-21(16-23)27-28(5,6)22(2,3)4)25-15-11-10-14-24-17-20-12-8-7-9-13-20/h7-9,12-13,19,21H,10-11,14-18,23H2,1-6H3. The molecule has 0 saturated heterocycles. The van der Waals surface area contributed by atoms with Crippen molar-refractivity contribution >= 4 is 8.32 Å². The van der Waals surface area contributed by atoms with Gasteiger partial charge in [-0.1, -0.05) is 51.1 Å². The van der Waals surface area contributed by atoms with E-state index in [0.29, 0.717) is 26.4 Å². The van der Waals surface area contributed by atoms with E-state index in [-0.39, 0.29) is 17.4 Å². The number of hydrogen-bond acceptors (Lipinski definition) is 5. The van der Waals surface area contributed by atoms with Crippen molar-refractivity contribution in [3.63, 3.8) is 0 Å². The van der Waals surface area contributed by atoms with Crippen LogP contribution in [-0.4, -0.2) is 47.1 Å². The summed E-state index contributed by atoms with van der Waals surface area (Å²) in [5, 5.41) is 0.158. The summed E-state index contributed by atoms with van der Waals surface area (Å²) in [4.78, 5) is 0. The summed E-state index contributed by atoms with van der Waals surface area (Å²) in [7, 11) is -1.84. The van der Waals surface area contributed by atoms with E-state index in [0.717, 1.165) is 19.4 Å². The van der Waals surface area contributed by atoms with E-state index in [9.17, 15) is 0 Å². The molecule has 6 heteroatoms. The maximum absolute atomic E-state index is 6.33. The van der Waals surface area contributed by atoms with E-state index in [4.69, 9.17) is 24.4 Å². The Kier molecular flexibility index (Phi) is 11.5. The first-order valence-corrected chi connectivity index (χ1v) is 13.3. The SMILES string of the molecule is CC(OCCCCOCc1ccccc1)OCC(CN)O[Si](C)(C)C(C)(C)C. The summed E-state index contributed by atoms with van der Waals surface area (Å²) in [6.45, 7) is 16.0. The second-order valence-corrected chi connectivity index (χ2v) is 13.5. The lowest BCUT2D eigenvalue weighted by Crippen LogP contribution is -2.47. The van der Waals surface area contributed by atoms with E-state index in [1.165, 1.54) is 5.56 Å². The largest absolute Gasteiger partial charge is 0.410 e. The predicted molar refractivity (Wildman–Crippen MR) is 118 cm³/mol. The maximum atomic E-state index is 6.33. The number of rotatable bonds is 14. The van der Waals surface area contributed by atoms with Gasteiger partial charge in [0, 0.05) is 19.8 Å². The Morgan fingerprint density at radius 1 is 1.00 bits per heavy atom. The molecule has 0 heterocycles. The molecule has 5 nitrogen and oxygen atoms in total. The van der Waals surface area contributed by atoms with Crippen LogP contribution >= 0.6 is 0 Å². The summed E-state index contributed by atoms with van der Waals surface area (Å²) < 4.78 is 23.5. The van der Waals surface area contributed by atoms with Crippen LogP contribution in [0.2, 0.25) is 18.1 Å². The molecule has 0 aliphatic rings. The molecule has 1 aromatic rings. The minimum atomic E-state index is -1.84. The zero-order valence-corrected chi connectivity index (χ0v) is 19.7. The van der Waals surface area contributed by atoms with Crippen LogP contribution in [0.25, 0.3) is 0 Å². The van der Waals surface area contributed by atoms with Gasteiger partial charge >= 0.3 is 0 Å². The molecule has 28 heavy (non-hydrogen) atoms. The molecule has 0 saturated carbocycles. The summed E-state index contributed by atoms with van der Waals surface area (Å²) in [5.74, 6) is 0. The van der Waals surface area contributed by atoms with Crippen LogP contribution in [0.5, 0.6) is 0 Å². The molecule has 0 fully saturated rings. The van der Waals surface area contributed by atoms with Crippen molar-refractivity contribution in [1.82, 2.24) is 0 Å². The van der Waals surface area contributed by atoms with Crippen molar-refractivity contribution in [2.75, 3.05) is 26.4 Å². The van der Waals surface area contributed by atoms with Gasteiger partial charge in [-0.2, -0.15) is 0 Å². The molecule has 2 unspecified atom stereocenters. The zero-order valence-electron chi connectivity index (χ0n) is 18.7. The highest BCUT2D eigenvalue weighted by Crippen LogP contribution is 2.37. The first-order valence-electron chi connectivity index (χ1n) is 10.4. The number of nitrogens with two attached hydrogens (primary N) is 1. The lowest BCUT2D eigenvalue weighted by atomic mass is 10.2. The Hall–Kier alpha value is -0.763. The van der Waals surface area contributed by atoms with E-state index >= 15 is 0 Å². The monoisotopic (exact) mass is 411 g/mol. The summed E-state index contributed by atoms with van der Waals surface area (Å²) >= 11 is 0. The number of ether oxygens (including phenoxy) is 3. The molecule has 0 bridgehead atoms. The molecule has 2 N–H and O–H groups in total. The van der Waals surface area contributed by atoms with Gasteiger partial charge in [-0.05, 0) is 43.5 Å². The van der Waals surface area contributed by atoms with Crippen LogP contribution in [0, 0.1) is 0 Å². The van der Waals surface area contributed by atoms with Gasteiger partial charge in [-0.3, -0.25) is 0 Å². The van der Waals surface area contributed by atoms with Gasteiger partial charge < -0.3 is 24.4 Å². The molecule has 2 atom stereocenters. The van der Waals surface area contributed by atoms with E-state index in [1.54, 1.807) is 0 Å². The molecular weight excluding hydrogens is 370 g/mol. The zero-order chi connectivity index (χ0) is 21.0. The highest BCUT2D eigenvalue weighted by molar-refractivity contribution is 6.74. The summed E-state index contributed by atoms with van der Waals surface area (Å²) in [6.07, 6.45) is 1.57. The topological polar surface area (TPSA) is 62.9 Å². The van der Waals surface area contributed by atoms with Gasteiger partial charge in [0.2, 0.25) is 0 Å². The van der Waals surface area contributed by atoms with Gasteiger partial charge in [0.05, 0.1) is 19.3 Å². The Labute approximate surface area is 173 Å². The third-order valence-corrected chi connectivity index (χ3v) is 9.73. The van der Waals surface area contributed by atoms with E-state index < -0.39 is 8.32 Å². The molecule has 162 valence electrons. The minimum Gasteiger partial charge on any atom is -0.410 e. The van der Waals surface area contributed by atoms with Gasteiger partial charge in [0.25, 0.3) is 0 Å². The second kappa shape index (κ2) is 12.7. The average molecular weight is 412 g/mol. The quantitative estimate of drug-likeness (QED) is 0.273. The normalized spacial score (nSPS) is 14.8. The Morgan fingerprint density at radius 3 is 2.25 bits per heavy atom. The molecule has 0 radical (unpaired) electrons. The van der Waals surface area contributed by atoms with Crippen LogP contribution in [0.15, 0.2) is 30.3 Å². The fourth-order valence-corrected chi connectivity index (χ4v) is 3.71. The Bertz CT molecular complexity index is 519. The van der Waals surface area contributed by atoms with Crippen LogP contribution in [0.3, 0.4) is 0 Å². The molecule has 0 spiro atoms. The first-order chi connectivity index (χ1) is 13.2. The van der Waals surface area contributed by atoms with Gasteiger partial charge in [0.1, 0.15) is 0 Å². The van der Waals surface area contributed by atoms with Crippen LogP contribution in [0.1, 0.15) is 46.1 Å². The fourth-order valence-electron chi connectivity index (χ4n) is 2.35. The lowest BCUT2D eigenvalue weighted by Gasteiger charge is -2.39. The molecular formula is C22H41NO4Si. The smallest absolute Gasteiger partial charge is 0.192 e. The van der Waals surface area contributed by atoms with Gasteiger partial charge in [-0.15, -0.1) is 0 Å². The van der Waals surface area contributed by atoms with Crippen molar-refractivity contribution < 1.29 is 18.6 Å². The minimum absolute atomic E-state index is 0.0849. The van der Waals surface area contributed by atoms with Crippen molar-refractivity contribution in [1.29, 1.82) is 0 Å². The van der Waals surface area contributed by atoms with Crippen molar-refractivity contribution in [3.8, 4) is 0 Å². The third kappa shape index (κ3) is 10.1. The summed E-state index contributed by atoms with van der Waals surface area (Å²) in [6, 6.07) is 10.2. The van der Waals surface area contributed by atoms with E-state index in [1.807, 2.05) is 25.1 Å². The molecule has 0 amide bonds. The maximum Gasteiger partial charge on any atom is 0.192 e. The van der Waals surface area contributed by atoms with E-state index in [2.05, 4.69) is 46.0 Å². The highest BCUT2D eigenvalue weighted by atomic mass is 28.4. The Balaban J connectivity index is 2.11. The first kappa shape index (κ1) is 25.3. The number of benzene rings is 1. The fraction of sp³-hybridized carbons (Fsp3) is 0.727. The number of unbranched alkanes of at least 4 members (excludes halogenated alkanes) is 1. The average Bonchev–Trinajstić information content (AvgIpc) is 2.64. The third-order valence-electron chi connectivity index (χ3n) is 5.19. The molecule has 1 aromatic carbocycles. The van der Waals surface area contributed by atoms with Crippen molar-refractivity contribution in [2.24, 2.45) is 5.73 Å². The second-order valence-electron chi connectivity index (χ2n) is 8.75. The number of hydrogen-bond donors (Lipinski definition) is 1. The molecule has 0 aliphatic heterocycles. The lowest BCUT2D eigenvalue weighted by molar-refractivity contribution is -0.145. The van der Waals surface area contributed by atoms with Crippen molar-refractivity contribution in [3.05, 3.63) is 35.9 Å². The summed E-state index contributed by atoms with van der Waals surface area (Å²) in [5.41, 5.74) is 7.09. The van der Waals surface area contributed by atoms with Crippen molar-refractivity contribution in [2.45, 2.75) is 77.7 Å².